The second kappa shape index (κ2) is 19.8. The minimum absolute atomic E-state index is 0.0265. The highest BCUT2D eigenvalue weighted by atomic mass is 28.4. The Hall–Kier alpha value is -1.20. The zero-order valence-corrected chi connectivity index (χ0v) is 24.3. The van der Waals surface area contributed by atoms with E-state index in [1.807, 2.05) is 24.3 Å². The van der Waals surface area contributed by atoms with Crippen molar-refractivity contribution in [3.63, 3.8) is 0 Å². The van der Waals surface area contributed by atoms with Crippen LogP contribution in [0.15, 0.2) is 24.3 Å². The molecule has 9 heteroatoms. The van der Waals surface area contributed by atoms with Crippen LogP contribution in [0.3, 0.4) is 0 Å². The van der Waals surface area contributed by atoms with Crippen molar-refractivity contribution in [1.29, 1.82) is 0 Å². The van der Waals surface area contributed by atoms with Gasteiger partial charge in [0.15, 0.2) is 8.32 Å². The van der Waals surface area contributed by atoms with E-state index in [9.17, 15) is 0 Å². The molecule has 0 spiro atoms. The molecule has 0 aromatic heterocycles. The Morgan fingerprint density at radius 1 is 0.528 bits per heavy atom. The van der Waals surface area contributed by atoms with E-state index < -0.39 is 8.32 Å². The van der Waals surface area contributed by atoms with E-state index in [1.54, 1.807) is 0 Å². The van der Waals surface area contributed by atoms with Crippen LogP contribution >= 0.6 is 0 Å². The maximum absolute atomic E-state index is 8.61. The molecular formula is C27H50O8Si. The van der Waals surface area contributed by atoms with Gasteiger partial charge in [0, 0.05) is 0 Å². The molecule has 8 nitrogen and oxygen atoms in total. The summed E-state index contributed by atoms with van der Waals surface area (Å²) in [6, 6.07) is 7.48. The fraction of sp³-hybridized carbons (Fsp3) is 0.778. The molecule has 0 heterocycles. The number of benzene rings is 1. The molecule has 0 saturated carbocycles. The SMILES string of the molecule is CC(C)[Si](OCCOCCOCCOc1ccc(OCCOCCOCCO)cc1)(C(C)C)C(C)C. The van der Waals surface area contributed by atoms with Crippen LogP contribution in [0.25, 0.3) is 0 Å². The maximum atomic E-state index is 8.61. The fourth-order valence-corrected chi connectivity index (χ4v) is 9.99. The van der Waals surface area contributed by atoms with E-state index in [0.29, 0.717) is 89.3 Å². The van der Waals surface area contributed by atoms with Gasteiger partial charge >= 0.3 is 0 Å². The zero-order valence-electron chi connectivity index (χ0n) is 23.3. The number of rotatable bonds is 23. The van der Waals surface area contributed by atoms with E-state index in [0.717, 1.165) is 11.5 Å². The highest BCUT2D eigenvalue weighted by Gasteiger charge is 2.44. The predicted molar refractivity (Wildman–Crippen MR) is 145 cm³/mol. The van der Waals surface area contributed by atoms with Crippen molar-refractivity contribution in [1.82, 2.24) is 0 Å². The van der Waals surface area contributed by atoms with Crippen molar-refractivity contribution < 1.29 is 38.0 Å². The fourth-order valence-electron chi connectivity index (χ4n) is 4.55. The van der Waals surface area contributed by atoms with Gasteiger partial charge in [0.1, 0.15) is 24.7 Å². The topological polar surface area (TPSA) is 84.8 Å². The Morgan fingerprint density at radius 3 is 1.22 bits per heavy atom. The third kappa shape index (κ3) is 12.9. The molecular weight excluding hydrogens is 480 g/mol. The lowest BCUT2D eigenvalue weighted by molar-refractivity contribution is 0.0246. The lowest BCUT2D eigenvalue weighted by Gasteiger charge is -2.42. The lowest BCUT2D eigenvalue weighted by Crippen LogP contribution is -2.48. The molecule has 0 aliphatic carbocycles. The number of ether oxygens (including phenoxy) is 6. The average Bonchev–Trinajstić information content (AvgIpc) is 2.84. The quantitative estimate of drug-likeness (QED) is 0.161. The van der Waals surface area contributed by atoms with E-state index in [4.69, 9.17) is 38.0 Å². The van der Waals surface area contributed by atoms with Gasteiger partial charge < -0.3 is 38.0 Å². The van der Waals surface area contributed by atoms with Crippen molar-refractivity contribution in [3.05, 3.63) is 24.3 Å². The number of hydrogen-bond acceptors (Lipinski definition) is 8. The van der Waals surface area contributed by atoms with Gasteiger partial charge in [-0.25, -0.2) is 0 Å². The van der Waals surface area contributed by atoms with Crippen molar-refractivity contribution >= 4 is 8.32 Å². The first-order chi connectivity index (χ1) is 17.3. The third-order valence-electron chi connectivity index (χ3n) is 6.08. The summed E-state index contributed by atoms with van der Waals surface area (Å²) in [5, 5.41) is 8.61. The molecule has 0 atom stereocenters. The first-order valence-electron chi connectivity index (χ1n) is 13.3. The third-order valence-corrected chi connectivity index (χ3v) is 12.2. The van der Waals surface area contributed by atoms with Gasteiger partial charge in [-0.05, 0) is 40.9 Å². The molecule has 36 heavy (non-hydrogen) atoms. The molecule has 0 fully saturated rings. The molecule has 0 saturated heterocycles. The Labute approximate surface area is 219 Å². The molecule has 0 aliphatic heterocycles. The second-order valence-corrected chi connectivity index (χ2v) is 15.0. The smallest absolute Gasteiger partial charge is 0.200 e. The van der Waals surface area contributed by atoms with Crippen molar-refractivity contribution in [2.24, 2.45) is 0 Å². The molecule has 210 valence electrons. The maximum Gasteiger partial charge on any atom is 0.200 e. The van der Waals surface area contributed by atoms with E-state index in [2.05, 4.69) is 41.5 Å². The molecule has 1 rings (SSSR count). The van der Waals surface area contributed by atoms with Gasteiger partial charge in [-0.15, -0.1) is 0 Å². The summed E-state index contributed by atoms with van der Waals surface area (Å²) in [6.07, 6.45) is 0. The summed E-state index contributed by atoms with van der Waals surface area (Å²) < 4.78 is 39.7. The van der Waals surface area contributed by atoms with Crippen molar-refractivity contribution in [3.8, 4) is 11.5 Å². The first kappa shape index (κ1) is 32.8. The van der Waals surface area contributed by atoms with Crippen LogP contribution in [0.1, 0.15) is 41.5 Å². The molecule has 0 amide bonds. The molecule has 0 radical (unpaired) electrons. The van der Waals surface area contributed by atoms with Crippen LogP contribution in [0.5, 0.6) is 11.5 Å². The Morgan fingerprint density at radius 2 is 0.861 bits per heavy atom. The lowest BCUT2D eigenvalue weighted by atomic mass is 10.3. The summed E-state index contributed by atoms with van der Waals surface area (Å²) in [4.78, 5) is 0. The summed E-state index contributed by atoms with van der Waals surface area (Å²) >= 11 is 0. The van der Waals surface area contributed by atoms with E-state index in [1.165, 1.54) is 0 Å². The number of aliphatic hydroxyl groups is 1. The molecule has 1 aromatic carbocycles. The Kier molecular flexibility index (Phi) is 18.1. The highest BCUT2D eigenvalue weighted by Crippen LogP contribution is 2.42. The van der Waals surface area contributed by atoms with Gasteiger partial charge in [0.05, 0.1) is 66.1 Å². The van der Waals surface area contributed by atoms with Gasteiger partial charge in [0.25, 0.3) is 0 Å². The van der Waals surface area contributed by atoms with Crippen LogP contribution in [0.2, 0.25) is 16.6 Å². The molecule has 0 unspecified atom stereocenters. The monoisotopic (exact) mass is 530 g/mol. The van der Waals surface area contributed by atoms with E-state index in [-0.39, 0.29) is 6.61 Å². The normalized spacial score (nSPS) is 12.2. The summed E-state index contributed by atoms with van der Waals surface area (Å²) in [7, 11) is -1.82. The molecule has 0 bridgehead atoms. The number of aliphatic hydroxyl groups excluding tert-OH is 1. The summed E-state index contributed by atoms with van der Waals surface area (Å²) in [6.45, 7) is 19.3. The Balaban J connectivity index is 2.05. The largest absolute Gasteiger partial charge is 0.491 e. The standard InChI is InChI=1S/C27H50O8Si/c1-23(2)36(24(3)4,25(5)6)35-22-19-32-16-15-31-18-21-34-27-9-7-26(8-10-27)33-20-17-30-14-13-29-12-11-28/h7-10,23-25,28H,11-22H2,1-6H3. The molecule has 0 aliphatic rings. The summed E-state index contributed by atoms with van der Waals surface area (Å²) in [5.41, 5.74) is 1.75. The first-order valence-corrected chi connectivity index (χ1v) is 15.4. The second-order valence-electron chi connectivity index (χ2n) is 9.51. The van der Waals surface area contributed by atoms with Gasteiger partial charge in [-0.2, -0.15) is 0 Å². The van der Waals surface area contributed by atoms with Crippen LogP contribution < -0.4 is 9.47 Å². The number of hydrogen-bond donors (Lipinski definition) is 1. The minimum Gasteiger partial charge on any atom is -0.491 e. The van der Waals surface area contributed by atoms with Gasteiger partial charge in [0.2, 0.25) is 0 Å². The molecule has 1 N–H and O–H groups in total. The van der Waals surface area contributed by atoms with Gasteiger partial charge in [-0.1, -0.05) is 41.5 Å². The van der Waals surface area contributed by atoms with Crippen molar-refractivity contribution in [2.75, 3.05) is 79.3 Å². The average molecular weight is 531 g/mol. The zero-order chi connectivity index (χ0) is 26.7. The van der Waals surface area contributed by atoms with Crippen molar-refractivity contribution in [2.45, 2.75) is 58.2 Å². The minimum atomic E-state index is -1.82. The summed E-state index contributed by atoms with van der Waals surface area (Å²) in [5.74, 6) is 1.53. The molecule has 1 aromatic rings. The van der Waals surface area contributed by atoms with E-state index >= 15 is 0 Å². The van der Waals surface area contributed by atoms with Gasteiger partial charge in [-0.3, -0.25) is 0 Å². The Bertz CT molecular complexity index is 617. The van der Waals surface area contributed by atoms with Crippen LogP contribution in [0, 0.1) is 0 Å². The predicted octanol–water partition coefficient (Wildman–Crippen LogP) is 4.70. The highest BCUT2D eigenvalue weighted by molar-refractivity contribution is 6.77. The van der Waals surface area contributed by atoms with Crippen LogP contribution in [-0.4, -0.2) is 92.7 Å². The van der Waals surface area contributed by atoms with Crippen LogP contribution in [0.4, 0.5) is 0 Å². The van der Waals surface area contributed by atoms with Crippen LogP contribution in [-0.2, 0) is 23.4 Å².